The Balaban J connectivity index is 1.52. The molecule has 0 radical (unpaired) electrons. The molecule has 2 amide bonds. The summed E-state index contributed by atoms with van der Waals surface area (Å²) in [6.45, 7) is 4.20. The highest BCUT2D eigenvalue weighted by Gasteiger charge is 2.39. The fraction of sp³-hybridized carbons (Fsp3) is 0.417. The standard InChI is InChI=1S/C24H28N2O3/c1-15-14-22(15)23(27)25-19-8-6-18(7-9-19)24(28)26(16(2)17-4-5-17)20-10-12-21(29-3)13-11-20/h6-13,15-17,22H,4-5,14H2,1-3H3,(H,25,27). The van der Waals surface area contributed by atoms with E-state index in [0.717, 1.165) is 36.4 Å². The number of methoxy groups -OCH3 is 1. The van der Waals surface area contributed by atoms with Crippen molar-refractivity contribution < 1.29 is 14.3 Å². The minimum Gasteiger partial charge on any atom is -0.497 e. The molecule has 3 atom stereocenters. The lowest BCUT2D eigenvalue weighted by atomic mass is 10.1. The van der Waals surface area contributed by atoms with Gasteiger partial charge in [-0.15, -0.1) is 0 Å². The fourth-order valence-corrected chi connectivity index (χ4v) is 3.83. The summed E-state index contributed by atoms with van der Waals surface area (Å²) in [5.74, 6) is 1.95. The summed E-state index contributed by atoms with van der Waals surface area (Å²) in [6.07, 6.45) is 3.27. The average molecular weight is 392 g/mol. The molecule has 0 aliphatic heterocycles. The van der Waals surface area contributed by atoms with E-state index in [1.807, 2.05) is 41.3 Å². The summed E-state index contributed by atoms with van der Waals surface area (Å²) >= 11 is 0. The normalized spacial score (nSPS) is 21.2. The molecule has 2 fully saturated rings. The smallest absolute Gasteiger partial charge is 0.258 e. The molecule has 2 aliphatic rings. The van der Waals surface area contributed by atoms with Gasteiger partial charge in [0.1, 0.15) is 5.75 Å². The first-order chi connectivity index (χ1) is 14.0. The molecule has 5 nitrogen and oxygen atoms in total. The maximum Gasteiger partial charge on any atom is 0.258 e. The van der Waals surface area contributed by atoms with E-state index in [9.17, 15) is 9.59 Å². The van der Waals surface area contributed by atoms with Crippen LogP contribution in [0, 0.1) is 17.8 Å². The number of carbonyl (C=O) groups excluding carboxylic acids is 2. The number of ether oxygens (including phenoxy) is 1. The van der Waals surface area contributed by atoms with E-state index in [1.54, 1.807) is 19.2 Å². The Labute approximate surface area is 172 Å². The number of hydrogen-bond acceptors (Lipinski definition) is 3. The summed E-state index contributed by atoms with van der Waals surface area (Å²) < 4.78 is 5.25. The number of rotatable bonds is 7. The molecule has 0 heterocycles. The molecule has 2 aromatic rings. The molecule has 2 aliphatic carbocycles. The van der Waals surface area contributed by atoms with Gasteiger partial charge in [-0.2, -0.15) is 0 Å². The Morgan fingerprint density at radius 2 is 1.69 bits per heavy atom. The van der Waals surface area contributed by atoms with Crippen LogP contribution in [0.25, 0.3) is 0 Å². The van der Waals surface area contributed by atoms with E-state index in [1.165, 1.54) is 0 Å². The third-order valence-electron chi connectivity index (χ3n) is 6.13. The van der Waals surface area contributed by atoms with Gasteiger partial charge in [0.2, 0.25) is 5.91 Å². The molecule has 4 rings (SSSR count). The molecule has 2 aromatic carbocycles. The minimum absolute atomic E-state index is 0.0248. The van der Waals surface area contributed by atoms with Crippen LogP contribution in [0.5, 0.6) is 5.75 Å². The largest absolute Gasteiger partial charge is 0.497 e. The molecule has 152 valence electrons. The molecule has 5 heteroatoms. The van der Waals surface area contributed by atoms with Crippen molar-refractivity contribution in [2.24, 2.45) is 17.8 Å². The molecule has 1 N–H and O–H groups in total. The number of amides is 2. The molecule has 3 unspecified atom stereocenters. The first-order valence-corrected chi connectivity index (χ1v) is 10.4. The van der Waals surface area contributed by atoms with Crippen LogP contribution in [0.15, 0.2) is 48.5 Å². The number of nitrogens with zero attached hydrogens (tertiary/aromatic N) is 1. The number of anilines is 2. The van der Waals surface area contributed by atoms with Crippen molar-refractivity contribution in [2.45, 2.75) is 39.2 Å². The monoisotopic (exact) mass is 392 g/mol. The Bertz CT molecular complexity index is 887. The van der Waals surface area contributed by atoms with Gasteiger partial charge in [-0.05, 0) is 86.6 Å². The van der Waals surface area contributed by atoms with Crippen LogP contribution in [0.1, 0.15) is 43.5 Å². The highest BCUT2D eigenvalue weighted by molar-refractivity contribution is 6.07. The molecule has 0 spiro atoms. The Hall–Kier alpha value is -2.82. The van der Waals surface area contributed by atoms with Crippen molar-refractivity contribution >= 4 is 23.2 Å². The van der Waals surface area contributed by atoms with Crippen molar-refractivity contribution in [3.05, 3.63) is 54.1 Å². The van der Waals surface area contributed by atoms with Gasteiger partial charge in [0, 0.05) is 28.9 Å². The third-order valence-corrected chi connectivity index (χ3v) is 6.13. The van der Waals surface area contributed by atoms with Crippen LogP contribution in [0.3, 0.4) is 0 Å². The molecule has 0 aromatic heterocycles. The number of benzene rings is 2. The predicted octanol–water partition coefficient (Wildman–Crippen LogP) is 4.74. The molecule has 2 saturated carbocycles. The maximum atomic E-state index is 13.4. The molecule has 0 saturated heterocycles. The quantitative estimate of drug-likeness (QED) is 0.741. The van der Waals surface area contributed by atoms with Gasteiger partial charge < -0.3 is 15.0 Å². The van der Waals surface area contributed by atoms with Gasteiger partial charge in [0.05, 0.1) is 7.11 Å². The van der Waals surface area contributed by atoms with E-state index < -0.39 is 0 Å². The van der Waals surface area contributed by atoms with E-state index in [-0.39, 0.29) is 23.8 Å². The minimum atomic E-state index is -0.0248. The predicted molar refractivity (Wildman–Crippen MR) is 114 cm³/mol. The van der Waals surface area contributed by atoms with Gasteiger partial charge in [-0.3, -0.25) is 9.59 Å². The van der Waals surface area contributed by atoms with Crippen molar-refractivity contribution in [1.29, 1.82) is 0 Å². The van der Waals surface area contributed by atoms with Gasteiger partial charge in [-0.1, -0.05) is 6.92 Å². The summed E-state index contributed by atoms with van der Waals surface area (Å²) in [5, 5.41) is 2.95. The molecular weight excluding hydrogens is 364 g/mol. The second kappa shape index (κ2) is 7.90. The first-order valence-electron chi connectivity index (χ1n) is 10.4. The van der Waals surface area contributed by atoms with Crippen molar-refractivity contribution in [3.63, 3.8) is 0 Å². The van der Waals surface area contributed by atoms with Crippen molar-refractivity contribution in [1.82, 2.24) is 0 Å². The van der Waals surface area contributed by atoms with E-state index >= 15 is 0 Å². The highest BCUT2D eigenvalue weighted by atomic mass is 16.5. The molecule has 0 bridgehead atoms. The van der Waals surface area contributed by atoms with E-state index in [4.69, 9.17) is 4.74 Å². The van der Waals surface area contributed by atoms with Crippen LogP contribution in [-0.4, -0.2) is 25.0 Å². The second-order valence-electron chi connectivity index (χ2n) is 8.34. The maximum absolute atomic E-state index is 13.4. The van der Waals surface area contributed by atoms with Gasteiger partial charge in [-0.25, -0.2) is 0 Å². The van der Waals surface area contributed by atoms with Crippen LogP contribution < -0.4 is 15.0 Å². The fourth-order valence-electron chi connectivity index (χ4n) is 3.83. The Kier molecular flexibility index (Phi) is 5.31. The van der Waals surface area contributed by atoms with E-state index in [2.05, 4.69) is 19.2 Å². The summed E-state index contributed by atoms with van der Waals surface area (Å²) in [5.41, 5.74) is 2.22. The number of nitrogens with one attached hydrogen (secondary N) is 1. The lowest BCUT2D eigenvalue weighted by Crippen LogP contribution is -2.40. The van der Waals surface area contributed by atoms with Gasteiger partial charge >= 0.3 is 0 Å². The first kappa shape index (κ1) is 19.5. The Morgan fingerprint density at radius 3 is 2.21 bits per heavy atom. The van der Waals surface area contributed by atoms with Gasteiger partial charge in [0.15, 0.2) is 0 Å². The number of hydrogen-bond donors (Lipinski definition) is 1. The topological polar surface area (TPSA) is 58.6 Å². The van der Waals surface area contributed by atoms with Crippen LogP contribution in [0.4, 0.5) is 11.4 Å². The van der Waals surface area contributed by atoms with Crippen LogP contribution in [0.2, 0.25) is 0 Å². The van der Waals surface area contributed by atoms with Crippen LogP contribution in [-0.2, 0) is 4.79 Å². The second-order valence-corrected chi connectivity index (χ2v) is 8.34. The lowest BCUT2D eigenvalue weighted by molar-refractivity contribution is -0.117. The SMILES string of the molecule is COc1ccc(N(C(=O)c2ccc(NC(=O)C3CC3C)cc2)C(C)C2CC2)cc1. The van der Waals surface area contributed by atoms with Crippen molar-refractivity contribution in [2.75, 3.05) is 17.3 Å². The summed E-state index contributed by atoms with van der Waals surface area (Å²) in [4.78, 5) is 27.4. The summed E-state index contributed by atoms with van der Waals surface area (Å²) in [7, 11) is 1.63. The van der Waals surface area contributed by atoms with Crippen molar-refractivity contribution in [3.8, 4) is 5.75 Å². The zero-order valence-electron chi connectivity index (χ0n) is 17.2. The van der Waals surface area contributed by atoms with E-state index in [0.29, 0.717) is 17.4 Å². The molecular formula is C24H28N2O3. The third kappa shape index (κ3) is 4.29. The van der Waals surface area contributed by atoms with Crippen LogP contribution >= 0.6 is 0 Å². The van der Waals surface area contributed by atoms with Gasteiger partial charge in [0.25, 0.3) is 5.91 Å². The number of carbonyl (C=O) groups is 2. The summed E-state index contributed by atoms with van der Waals surface area (Å²) in [6, 6.07) is 15.0. The Morgan fingerprint density at radius 1 is 1.07 bits per heavy atom. The average Bonchev–Trinajstić information content (AvgIpc) is 3.65. The lowest BCUT2D eigenvalue weighted by Gasteiger charge is -2.30. The zero-order valence-corrected chi connectivity index (χ0v) is 17.2. The molecule has 29 heavy (non-hydrogen) atoms. The zero-order chi connectivity index (χ0) is 20.5. The highest BCUT2D eigenvalue weighted by Crippen LogP contribution is 2.39.